The molecule has 0 atom stereocenters. The lowest BCUT2D eigenvalue weighted by Crippen LogP contribution is -2.07. The molecule has 0 aliphatic carbocycles. The van der Waals surface area contributed by atoms with Crippen molar-refractivity contribution in [2.24, 2.45) is 0 Å². The molecule has 2 heterocycles. The van der Waals surface area contributed by atoms with Crippen LogP contribution in [0.4, 0.5) is 10.6 Å². The monoisotopic (exact) mass is 261 g/mol. The number of carboxylic acid groups (broad SMARTS) is 2. The molecule has 7 heteroatoms. The molecule has 0 spiro atoms. The summed E-state index contributed by atoms with van der Waals surface area (Å²) in [6, 6.07) is 9.75. The lowest BCUT2D eigenvalue weighted by molar-refractivity contribution is 0.0690. The number of hydrogen-bond donors (Lipinski definition) is 3. The van der Waals surface area contributed by atoms with Gasteiger partial charge in [0, 0.05) is 12.4 Å². The molecular formula is C12H11N3O4. The second-order valence-corrected chi connectivity index (χ2v) is 3.17. The highest BCUT2D eigenvalue weighted by Gasteiger charge is 1.98. The average Bonchev–Trinajstić information content (AvgIpc) is 2.41. The highest BCUT2D eigenvalue weighted by molar-refractivity contribution is 5.85. The van der Waals surface area contributed by atoms with Gasteiger partial charge >= 0.3 is 12.1 Å². The van der Waals surface area contributed by atoms with Crippen LogP contribution >= 0.6 is 0 Å². The van der Waals surface area contributed by atoms with E-state index < -0.39 is 12.1 Å². The van der Waals surface area contributed by atoms with Gasteiger partial charge in [-0.05, 0) is 24.3 Å². The number of nitrogens with one attached hydrogen (secondary N) is 1. The Bertz CT molecular complexity index is 531. The van der Waals surface area contributed by atoms with E-state index >= 15 is 0 Å². The van der Waals surface area contributed by atoms with Crippen molar-refractivity contribution in [2.75, 3.05) is 5.32 Å². The first-order chi connectivity index (χ1) is 9.09. The van der Waals surface area contributed by atoms with Gasteiger partial charge in [-0.2, -0.15) is 0 Å². The van der Waals surface area contributed by atoms with Crippen LogP contribution in [-0.2, 0) is 0 Å². The number of carbonyl (C=O) groups is 2. The fourth-order valence-electron chi connectivity index (χ4n) is 1.04. The third-order valence-electron chi connectivity index (χ3n) is 1.78. The van der Waals surface area contributed by atoms with Gasteiger partial charge in [0.1, 0.15) is 11.5 Å². The van der Waals surface area contributed by atoms with Crippen LogP contribution in [0, 0.1) is 0 Å². The zero-order chi connectivity index (χ0) is 14.1. The van der Waals surface area contributed by atoms with Gasteiger partial charge in [0.2, 0.25) is 0 Å². The molecule has 7 nitrogen and oxygen atoms in total. The third-order valence-corrected chi connectivity index (χ3v) is 1.78. The molecule has 19 heavy (non-hydrogen) atoms. The van der Waals surface area contributed by atoms with Crippen LogP contribution in [0.25, 0.3) is 0 Å². The molecule has 2 rings (SSSR count). The van der Waals surface area contributed by atoms with E-state index in [1.54, 1.807) is 30.3 Å². The van der Waals surface area contributed by atoms with Crippen LogP contribution in [0.1, 0.15) is 10.5 Å². The lowest BCUT2D eigenvalue weighted by atomic mass is 10.4. The first kappa shape index (κ1) is 14.1. The number of pyridine rings is 2. The maximum atomic E-state index is 10.1. The SMILES string of the molecule is O=C(O)Nc1ccccn1.O=C(O)c1ccccn1. The molecule has 0 saturated carbocycles. The van der Waals surface area contributed by atoms with Crippen LogP contribution in [0.5, 0.6) is 0 Å². The summed E-state index contributed by atoms with van der Waals surface area (Å²) in [5.74, 6) is -0.648. The number of aromatic nitrogens is 2. The molecular weight excluding hydrogens is 250 g/mol. The number of carboxylic acids is 1. The van der Waals surface area contributed by atoms with E-state index in [-0.39, 0.29) is 5.69 Å². The van der Waals surface area contributed by atoms with Gasteiger partial charge in [0.25, 0.3) is 0 Å². The number of hydrogen-bond acceptors (Lipinski definition) is 4. The Kier molecular flexibility index (Phi) is 5.48. The van der Waals surface area contributed by atoms with E-state index in [4.69, 9.17) is 10.2 Å². The summed E-state index contributed by atoms with van der Waals surface area (Å²) in [5.41, 5.74) is 0.0810. The van der Waals surface area contributed by atoms with Gasteiger partial charge in [-0.3, -0.25) is 5.32 Å². The highest BCUT2D eigenvalue weighted by Crippen LogP contribution is 1.98. The Morgan fingerprint density at radius 2 is 1.58 bits per heavy atom. The summed E-state index contributed by atoms with van der Waals surface area (Å²) in [5, 5.41) is 18.6. The molecule has 0 bridgehead atoms. The largest absolute Gasteiger partial charge is 0.477 e. The summed E-state index contributed by atoms with van der Waals surface area (Å²) in [7, 11) is 0. The Labute approximate surface area is 108 Å². The number of amides is 1. The summed E-state index contributed by atoms with van der Waals surface area (Å²) in [4.78, 5) is 27.5. The van der Waals surface area contributed by atoms with E-state index in [0.717, 1.165) is 0 Å². The van der Waals surface area contributed by atoms with Crippen LogP contribution in [0.3, 0.4) is 0 Å². The zero-order valence-corrected chi connectivity index (χ0v) is 9.72. The van der Waals surface area contributed by atoms with Crippen molar-refractivity contribution in [1.29, 1.82) is 0 Å². The molecule has 1 amide bonds. The Morgan fingerprint density at radius 3 is 1.95 bits per heavy atom. The molecule has 0 fully saturated rings. The normalized spacial score (nSPS) is 8.84. The third kappa shape index (κ3) is 5.78. The van der Waals surface area contributed by atoms with Crippen molar-refractivity contribution in [1.82, 2.24) is 9.97 Å². The highest BCUT2D eigenvalue weighted by atomic mass is 16.4. The van der Waals surface area contributed by atoms with Gasteiger partial charge < -0.3 is 10.2 Å². The van der Waals surface area contributed by atoms with Crippen molar-refractivity contribution in [3.63, 3.8) is 0 Å². The molecule has 0 unspecified atom stereocenters. The van der Waals surface area contributed by atoms with Crippen molar-refractivity contribution in [2.45, 2.75) is 0 Å². The molecule has 98 valence electrons. The van der Waals surface area contributed by atoms with Gasteiger partial charge in [-0.1, -0.05) is 12.1 Å². The molecule has 0 saturated heterocycles. The van der Waals surface area contributed by atoms with Gasteiger partial charge in [-0.25, -0.2) is 19.6 Å². The Balaban J connectivity index is 0.000000191. The fourth-order valence-corrected chi connectivity index (χ4v) is 1.04. The first-order valence-corrected chi connectivity index (χ1v) is 5.15. The minimum Gasteiger partial charge on any atom is -0.477 e. The van der Waals surface area contributed by atoms with Gasteiger partial charge in [0.05, 0.1) is 0 Å². The van der Waals surface area contributed by atoms with Crippen molar-refractivity contribution in [3.05, 3.63) is 54.5 Å². The van der Waals surface area contributed by atoms with E-state index in [9.17, 15) is 9.59 Å². The van der Waals surface area contributed by atoms with Gasteiger partial charge in [-0.15, -0.1) is 0 Å². The smallest absolute Gasteiger partial charge is 0.410 e. The molecule has 2 aromatic rings. The number of rotatable bonds is 2. The van der Waals surface area contributed by atoms with E-state index in [1.165, 1.54) is 18.5 Å². The molecule has 0 aliphatic heterocycles. The quantitative estimate of drug-likeness (QED) is 0.761. The molecule has 2 aromatic heterocycles. The standard InChI is InChI=1S/C6H6N2O2.C6H5NO2/c9-6(10)8-5-3-1-2-4-7-5;8-6(9)5-3-1-2-4-7-5/h1-4H,(H,7,8)(H,9,10);1-4H,(H,8,9). The van der Waals surface area contributed by atoms with Crippen molar-refractivity contribution < 1.29 is 19.8 Å². The zero-order valence-electron chi connectivity index (χ0n) is 9.72. The maximum absolute atomic E-state index is 10.1. The minimum absolute atomic E-state index is 0.0810. The number of anilines is 1. The topological polar surface area (TPSA) is 112 Å². The average molecular weight is 261 g/mol. The molecule has 3 N–H and O–H groups in total. The molecule has 0 radical (unpaired) electrons. The maximum Gasteiger partial charge on any atom is 0.410 e. The molecule has 0 aromatic carbocycles. The summed E-state index contributed by atoms with van der Waals surface area (Å²) < 4.78 is 0. The van der Waals surface area contributed by atoms with Gasteiger partial charge in [0.15, 0.2) is 0 Å². The fraction of sp³-hybridized carbons (Fsp3) is 0. The number of nitrogens with zero attached hydrogens (tertiary/aromatic N) is 2. The Hall–Kier alpha value is -2.96. The predicted octanol–water partition coefficient (Wildman–Crippen LogP) is 1.95. The van der Waals surface area contributed by atoms with E-state index in [0.29, 0.717) is 5.82 Å². The second kappa shape index (κ2) is 7.38. The van der Waals surface area contributed by atoms with Crippen LogP contribution < -0.4 is 5.32 Å². The minimum atomic E-state index is -1.10. The predicted molar refractivity (Wildman–Crippen MR) is 67.1 cm³/mol. The molecule has 0 aliphatic rings. The summed E-state index contributed by atoms with van der Waals surface area (Å²) in [6.45, 7) is 0. The second-order valence-electron chi connectivity index (χ2n) is 3.17. The number of aromatic carboxylic acids is 1. The van der Waals surface area contributed by atoms with Crippen LogP contribution in [0.15, 0.2) is 48.8 Å². The summed E-state index contributed by atoms with van der Waals surface area (Å²) >= 11 is 0. The van der Waals surface area contributed by atoms with Crippen LogP contribution in [0.2, 0.25) is 0 Å². The first-order valence-electron chi connectivity index (χ1n) is 5.15. The van der Waals surface area contributed by atoms with Crippen LogP contribution in [-0.4, -0.2) is 32.2 Å². The Morgan fingerprint density at radius 1 is 0.947 bits per heavy atom. The van der Waals surface area contributed by atoms with Crippen molar-refractivity contribution in [3.8, 4) is 0 Å². The van der Waals surface area contributed by atoms with E-state index in [1.807, 2.05) is 0 Å². The van der Waals surface area contributed by atoms with E-state index in [2.05, 4.69) is 15.3 Å². The van der Waals surface area contributed by atoms with Crippen molar-refractivity contribution >= 4 is 17.9 Å². The summed E-state index contributed by atoms with van der Waals surface area (Å²) in [6.07, 6.45) is 1.87. The lowest BCUT2D eigenvalue weighted by Gasteiger charge is -1.95.